The van der Waals surface area contributed by atoms with Crippen molar-refractivity contribution in [2.75, 3.05) is 25.1 Å². The van der Waals surface area contributed by atoms with Gasteiger partial charge >= 0.3 is 0 Å². The van der Waals surface area contributed by atoms with Gasteiger partial charge in [0.25, 0.3) is 0 Å². The lowest BCUT2D eigenvalue weighted by Gasteiger charge is -2.26. The molecule has 5 nitrogen and oxygen atoms in total. The minimum Gasteiger partial charge on any atom is -0.368 e. The van der Waals surface area contributed by atoms with Gasteiger partial charge in [0.2, 0.25) is 0 Å². The molecule has 6 heteroatoms. The summed E-state index contributed by atoms with van der Waals surface area (Å²) in [7, 11) is 0. The number of hydrogen-bond acceptors (Lipinski definition) is 5. The number of ether oxygens (including phenoxy) is 2. The van der Waals surface area contributed by atoms with E-state index in [-0.39, 0.29) is 0 Å². The van der Waals surface area contributed by atoms with E-state index in [9.17, 15) is 0 Å². The SMILES string of the molecule is CC(CNc1cncc(Cl)n1)CC1(C)OCCO1. The number of nitrogens with one attached hydrogen (secondary N) is 1. The van der Waals surface area contributed by atoms with Gasteiger partial charge in [0.05, 0.1) is 25.6 Å². The second-order valence-corrected chi connectivity index (χ2v) is 5.14. The second-order valence-electron chi connectivity index (χ2n) is 4.75. The van der Waals surface area contributed by atoms with E-state index in [0.717, 1.165) is 13.0 Å². The zero-order valence-electron chi connectivity index (χ0n) is 10.6. The Hall–Kier alpha value is -0.910. The zero-order valence-corrected chi connectivity index (χ0v) is 11.4. The molecular formula is C12H18ClN3O2. The quantitative estimate of drug-likeness (QED) is 0.891. The highest BCUT2D eigenvalue weighted by Crippen LogP contribution is 2.26. The van der Waals surface area contributed by atoms with Gasteiger partial charge in [-0.3, -0.25) is 4.98 Å². The lowest BCUT2D eigenvalue weighted by Crippen LogP contribution is -2.30. The summed E-state index contributed by atoms with van der Waals surface area (Å²) in [6, 6.07) is 0. The van der Waals surface area contributed by atoms with E-state index < -0.39 is 5.79 Å². The van der Waals surface area contributed by atoms with Gasteiger partial charge in [-0.25, -0.2) is 4.98 Å². The first-order chi connectivity index (χ1) is 8.57. The number of rotatable bonds is 5. The van der Waals surface area contributed by atoms with Crippen molar-refractivity contribution in [3.05, 3.63) is 17.5 Å². The maximum Gasteiger partial charge on any atom is 0.166 e. The minimum atomic E-state index is -0.443. The smallest absolute Gasteiger partial charge is 0.166 e. The molecule has 1 atom stereocenters. The molecule has 1 aromatic rings. The van der Waals surface area contributed by atoms with Crippen LogP contribution in [0.1, 0.15) is 20.3 Å². The van der Waals surface area contributed by atoms with Crippen LogP contribution >= 0.6 is 11.6 Å². The van der Waals surface area contributed by atoms with Crippen LogP contribution in [0.15, 0.2) is 12.4 Å². The molecule has 1 aromatic heterocycles. The predicted octanol–water partition coefficient (Wildman–Crippen LogP) is 2.33. The van der Waals surface area contributed by atoms with Crippen molar-refractivity contribution in [3.63, 3.8) is 0 Å². The average molecular weight is 272 g/mol. The zero-order chi connectivity index (χ0) is 13.0. The van der Waals surface area contributed by atoms with Crippen LogP contribution in [-0.4, -0.2) is 35.5 Å². The van der Waals surface area contributed by atoms with Crippen LogP contribution < -0.4 is 5.32 Å². The minimum absolute atomic E-state index is 0.391. The number of aromatic nitrogens is 2. The van der Waals surface area contributed by atoms with E-state index in [2.05, 4.69) is 22.2 Å². The van der Waals surface area contributed by atoms with Crippen LogP contribution in [0.5, 0.6) is 0 Å². The molecule has 2 rings (SSSR count). The van der Waals surface area contributed by atoms with E-state index in [1.807, 2.05) is 6.92 Å². The predicted molar refractivity (Wildman–Crippen MR) is 69.6 cm³/mol. The van der Waals surface area contributed by atoms with Gasteiger partial charge in [-0.2, -0.15) is 0 Å². The third-order valence-corrected chi connectivity index (χ3v) is 3.04. The Balaban J connectivity index is 1.79. The third kappa shape index (κ3) is 3.80. The lowest BCUT2D eigenvalue weighted by atomic mass is 10.0. The van der Waals surface area contributed by atoms with Gasteiger partial charge in [0, 0.05) is 13.0 Å². The summed E-state index contributed by atoms with van der Waals surface area (Å²) >= 11 is 5.77. The lowest BCUT2D eigenvalue weighted by molar-refractivity contribution is -0.153. The van der Waals surface area contributed by atoms with Crippen LogP contribution in [0.3, 0.4) is 0 Å². The molecule has 1 unspecified atom stereocenters. The van der Waals surface area contributed by atoms with Crippen LogP contribution in [0.2, 0.25) is 5.15 Å². The molecule has 1 fully saturated rings. The summed E-state index contributed by atoms with van der Waals surface area (Å²) in [5.41, 5.74) is 0. The topological polar surface area (TPSA) is 56.3 Å². The molecule has 18 heavy (non-hydrogen) atoms. The Morgan fingerprint density at radius 1 is 1.44 bits per heavy atom. The molecule has 1 aliphatic heterocycles. The van der Waals surface area contributed by atoms with Gasteiger partial charge in [-0.05, 0) is 12.8 Å². The molecular weight excluding hydrogens is 254 g/mol. The summed E-state index contributed by atoms with van der Waals surface area (Å²) in [4.78, 5) is 8.10. The highest BCUT2D eigenvalue weighted by Gasteiger charge is 2.32. The summed E-state index contributed by atoms with van der Waals surface area (Å²) < 4.78 is 11.2. The molecule has 1 aliphatic rings. The molecule has 0 spiro atoms. The first-order valence-corrected chi connectivity index (χ1v) is 6.44. The molecule has 0 saturated carbocycles. The second kappa shape index (κ2) is 5.82. The Kier molecular flexibility index (Phi) is 4.37. The van der Waals surface area contributed by atoms with Gasteiger partial charge < -0.3 is 14.8 Å². The van der Waals surface area contributed by atoms with Crippen molar-refractivity contribution < 1.29 is 9.47 Å². The van der Waals surface area contributed by atoms with Crippen molar-refractivity contribution in [1.29, 1.82) is 0 Å². The first-order valence-electron chi connectivity index (χ1n) is 6.07. The molecule has 100 valence electrons. The van der Waals surface area contributed by atoms with Crippen LogP contribution in [0, 0.1) is 5.92 Å². The van der Waals surface area contributed by atoms with Crippen molar-refractivity contribution in [2.45, 2.75) is 26.1 Å². The van der Waals surface area contributed by atoms with Gasteiger partial charge in [-0.15, -0.1) is 0 Å². The largest absolute Gasteiger partial charge is 0.368 e. The highest BCUT2D eigenvalue weighted by atomic mass is 35.5. The Labute approximate surface area is 112 Å². The van der Waals surface area contributed by atoms with Crippen LogP contribution in [0.4, 0.5) is 5.82 Å². The Bertz CT molecular complexity index is 397. The van der Waals surface area contributed by atoms with E-state index in [1.54, 1.807) is 6.20 Å². The van der Waals surface area contributed by atoms with Crippen LogP contribution in [0.25, 0.3) is 0 Å². The summed E-state index contributed by atoms with van der Waals surface area (Å²) in [5.74, 6) is 0.642. The number of nitrogens with zero attached hydrogens (tertiary/aromatic N) is 2. The van der Waals surface area contributed by atoms with Crippen molar-refractivity contribution >= 4 is 17.4 Å². The molecule has 0 aliphatic carbocycles. The van der Waals surface area contributed by atoms with Gasteiger partial charge in [0.15, 0.2) is 5.79 Å². The van der Waals surface area contributed by atoms with Gasteiger partial charge in [0.1, 0.15) is 11.0 Å². The molecule has 0 bridgehead atoms. The number of anilines is 1. The van der Waals surface area contributed by atoms with Crippen LogP contribution in [-0.2, 0) is 9.47 Å². The maximum absolute atomic E-state index is 5.77. The normalized spacial score (nSPS) is 19.7. The van der Waals surface area contributed by atoms with Crippen molar-refractivity contribution in [2.24, 2.45) is 5.92 Å². The fourth-order valence-corrected chi connectivity index (χ4v) is 2.23. The summed E-state index contributed by atoms with van der Waals surface area (Å²) in [6.07, 6.45) is 4.01. The van der Waals surface area contributed by atoms with Crippen molar-refractivity contribution in [1.82, 2.24) is 9.97 Å². The summed E-state index contributed by atoms with van der Waals surface area (Å²) in [5, 5.41) is 3.60. The standard InChI is InChI=1S/C12H18ClN3O2/c1-9(5-12(2)17-3-4-18-12)6-15-11-8-14-7-10(13)16-11/h7-9H,3-6H2,1-2H3,(H,15,16). The van der Waals surface area contributed by atoms with E-state index >= 15 is 0 Å². The molecule has 1 saturated heterocycles. The molecule has 1 N–H and O–H groups in total. The van der Waals surface area contributed by atoms with Gasteiger partial charge in [-0.1, -0.05) is 18.5 Å². The van der Waals surface area contributed by atoms with Crippen molar-refractivity contribution in [3.8, 4) is 0 Å². The van der Waals surface area contributed by atoms with E-state index in [0.29, 0.717) is 30.1 Å². The number of halogens is 1. The Morgan fingerprint density at radius 3 is 2.83 bits per heavy atom. The average Bonchev–Trinajstić information content (AvgIpc) is 2.73. The molecule has 0 aromatic carbocycles. The first kappa shape index (κ1) is 13.5. The highest BCUT2D eigenvalue weighted by molar-refractivity contribution is 6.29. The monoisotopic (exact) mass is 271 g/mol. The summed E-state index contributed by atoms with van der Waals surface area (Å²) in [6.45, 7) is 6.25. The van der Waals surface area contributed by atoms with E-state index in [1.165, 1.54) is 6.20 Å². The third-order valence-electron chi connectivity index (χ3n) is 2.85. The Morgan fingerprint density at radius 2 is 2.17 bits per heavy atom. The fourth-order valence-electron chi connectivity index (χ4n) is 2.09. The number of hydrogen-bond donors (Lipinski definition) is 1. The molecule has 0 amide bonds. The maximum atomic E-state index is 5.77. The molecule has 2 heterocycles. The van der Waals surface area contributed by atoms with E-state index in [4.69, 9.17) is 21.1 Å². The fraction of sp³-hybridized carbons (Fsp3) is 0.667. The molecule has 0 radical (unpaired) electrons.